The van der Waals surface area contributed by atoms with Crippen LogP contribution in [0.25, 0.3) is 0 Å². The second-order valence-corrected chi connectivity index (χ2v) is 1.34. The Kier molecular flexibility index (Phi) is 3.58. The van der Waals surface area contributed by atoms with Gasteiger partial charge in [0.25, 0.3) is 0 Å². The lowest BCUT2D eigenvalue weighted by molar-refractivity contribution is 1.46. The van der Waals surface area contributed by atoms with Gasteiger partial charge in [-0.3, -0.25) is 5.41 Å². The Morgan fingerprint density at radius 1 is 1.50 bits per heavy atom. The van der Waals surface area contributed by atoms with Gasteiger partial charge in [0, 0.05) is 0 Å². The van der Waals surface area contributed by atoms with E-state index < -0.39 is 0 Å². The van der Waals surface area contributed by atoms with E-state index >= 15 is 0 Å². The standard InChI is InChI=1S/C6H10N2/c1-2-3-4-5-6(7)8/h2-5H,1H3,(H3,7,8)/b3-2-,5-4-. The van der Waals surface area contributed by atoms with Crippen LogP contribution >= 0.6 is 0 Å². The van der Waals surface area contributed by atoms with Crippen LogP contribution in [0.5, 0.6) is 0 Å². The number of rotatable bonds is 2. The third-order valence-electron chi connectivity index (χ3n) is 0.579. The van der Waals surface area contributed by atoms with Gasteiger partial charge in [0.1, 0.15) is 5.84 Å². The molecular formula is C6H10N2. The third kappa shape index (κ3) is 4.95. The highest BCUT2D eigenvalue weighted by Gasteiger charge is 1.69. The number of amidine groups is 1. The highest BCUT2D eigenvalue weighted by Crippen LogP contribution is 1.73. The minimum absolute atomic E-state index is 0.0862. The molecule has 44 valence electrons. The Labute approximate surface area is 49.2 Å². The molecule has 0 amide bonds. The van der Waals surface area contributed by atoms with Crippen LogP contribution in [0.3, 0.4) is 0 Å². The quantitative estimate of drug-likeness (QED) is 0.311. The minimum atomic E-state index is 0.0862. The Morgan fingerprint density at radius 3 is 2.50 bits per heavy atom. The van der Waals surface area contributed by atoms with E-state index in [4.69, 9.17) is 11.1 Å². The van der Waals surface area contributed by atoms with E-state index in [1.54, 1.807) is 6.08 Å². The van der Waals surface area contributed by atoms with Crippen molar-refractivity contribution in [1.29, 1.82) is 5.41 Å². The second-order valence-electron chi connectivity index (χ2n) is 1.34. The zero-order valence-electron chi connectivity index (χ0n) is 4.89. The molecule has 0 aromatic heterocycles. The summed E-state index contributed by atoms with van der Waals surface area (Å²) in [6.07, 6.45) is 6.95. The van der Waals surface area contributed by atoms with Crippen LogP contribution in [0, 0.1) is 5.41 Å². The Morgan fingerprint density at radius 2 is 2.12 bits per heavy atom. The second kappa shape index (κ2) is 4.12. The van der Waals surface area contributed by atoms with Gasteiger partial charge in [0.2, 0.25) is 0 Å². The molecule has 0 atom stereocenters. The van der Waals surface area contributed by atoms with Crippen molar-refractivity contribution in [2.75, 3.05) is 0 Å². The maximum atomic E-state index is 6.73. The molecule has 8 heavy (non-hydrogen) atoms. The molecule has 0 fully saturated rings. The monoisotopic (exact) mass is 110 g/mol. The predicted octanol–water partition coefficient (Wildman–Crippen LogP) is 1.05. The molecule has 0 unspecified atom stereocenters. The molecule has 0 radical (unpaired) electrons. The number of nitrogens with two attached hydrogens (primary N) is 1. The fourth-order valence-electron chi connectivity index (χ4n) is 0.270. The third-order valence-corrected chi connectivity index (χ3v) is 0.579. The van der Waals surface area contributed by atoms with E-state index in [9.17, 15) is 0 Å². The van der Waals surface area contributed by atoms with Gasteiger partial charge in [-0.1, -0.05) is 18.2 Å². The van der Waals surface area contributed by atoms with Crippen molar-refractivity contribution in [1.82, 2.24) is 0 Å². The fourth-order valence-corrected chi connectivity index (χ4v) is 0.270. The Balaban J connectivity index is 3.50. The van der Waals surface area contributed by atoms with Crippen molar-refractivity contribution in [3.05, 3.63) is 24.3 Å². The molecule has 0 aliphatic rings. The van der Waals surface area contributed by atoms with Crippen LogP contribution in [0.15, 0.2) is 24.3 Å². The van der Waals surface area contributed by atoms with E-state index in [2.05, 4.69) is 0 Å². The number of hydrogen-bond acceptors (Lipinski definition) is 1. The van der Waals surface area contributed by atoms with Gasteiger partial charge < -0.3 is 5.73 Å². The Bertz CT molecular complexity index is 122. The largest absolute Gasteiger partial charge is 0.384 e. The van der Waals surface area contributed by atoms with Crippen LogP contribution in [0.1, 0.15) is 6.92 Å². The van der Waals surface area contributed by atoms with Crippen LogP contribution < -0.4 is 5.73 Å². The average molecular weight is 110 g/mol. The normalized spacial score (nSPS) is 11.1. The van der Waals surface area contributed by atoms with Crippen molar-refractivity contribution in [3.8, 4) is 0 Å². The van der Waals surface area contributed by atoms with Gasteiger partial charge in [-0.05, 0) is 13.0 Å². The molecule has 2 heteroatoms. The Hall–Kier alpha value is -1.05. The summed E-state index contributed by atoms with van der Waals surface area (Å²) < 4.78 is 0. The predicted molar refractivity (Wildman–Crippen MR) is 35.9 cm³/mol. The van der Waals surface area contributed by atoms with Crippen LogP contribution in [-0.4, -0.2) is 5.84 Å². The number of hydrogen-bond donors (Lipinski definition) is 2. The molecule has 0 aromatic rings. The molecule has 0 aromatic carbocycles. The molecule has 0 saturated heterocycles. The summed E-state index contributed by atoms with van der Waals surface area (Å²) in [7, 11) is 0. The van der Waals surface area contributed by atoms with Crippen LogP contribution in [0.4, 0.5) is 0 Å². The molecular weight excluding hydrogens is 100 g/mol. The summed E-state index contributed by atoms with van der Waals surface area (Å²) in [6, 6.07) is 0. The molecule has 0 rings (SSSR count). The minimum Gasteiger partial charge on any atom is -0.384 e. The van der Waals surface area contributed by atoms with Crippen molar-refractivity contribution < 1.29 is 0 Å². The SMILES string of the molecule is C/C=C\C=C/C(=N)N. The zero-order chi connectivity index (χ0) is 6.41. The highest BCUT2D eigenvalue weighted by molar-refractivity contribution is 5.88. The lowest BCUT2D eigenvalue weighted by Gasteiger charge is -1.77. The zero-order valence-corrected chi connectivity index (χ0v) is 4.89. The maximum Gasteiger partial charge on any atom is 0.115 e. The van der Waals surface area contributed by atoms with E-state index in [-0.39, 0.29) is 5.84 Å². The smallest absolute Gasteiger partial charge is 0.115 e. The molecule has 0 spiro atoms. The lowest BCUT2D eigenvalue weighted by Crippen LogP contribution is -2.03. The van der Waals surface area contributed by atoms with Gasteiger partial charge in [-0.15, -0.1) is 0 Å². The van der Waals surface area contributed by atoms with Crippen LogP contribution in [0.2, 0.25) is 0 Å². The van der Waals surface area contributed by atoms with Crippen molar-refractivity contribution in [2.45, 2.75) is 6.92 Å². The lowest BCUT2D eigenvalue weighted by atomic mass is 10.4. The first-order valence-corrected chi connectivity index (χ1v) is 2.40. The van der Waals surface area contributed by atoms with E-state index in [0.717, 1.165) is 0 Å². The first kappa shape index (κ1) is 6.95. The molecule has 2 nitrogen and oxygen atoms in total. The van der Waals surface area contributed by atoms with Crippen molar-refractivity contribution >= 4 is 5.84 Å². The molecule has 0 saturated carbocycles. The number of nitrogens with one attached hydrogen (secondary N) is 1. The van der Waals surface area contributed by atoms with Gasteiger partial charge >= 0.3 is 0 Å². The van der Waals surface area contributed by atoms with Gasteiger partial charge in [0.05, 0.1) is 0 Å². The fraction of sp³-hybridized carbons (Fsp3) is 0.167. The molecule has 0 aliphatic carbocycles. The number of allylic oxidation sites excluding steroid dienone is 3. The van der Waals surface area contributed by atoms with Crippen molar-refractivity contribution in [2.24, 2.45) is 5.73 Å². The summed E-state index contributed by atoms with van der Waals surface area (Å²) in [4.78, 5) is 0. The van der Waals surface area contributed by atoms with Gasteiger partial charge in [-0.25, -0.2) is 0 Å². The first-order valence-electron chi connectivity index (χ1n) is 2.40. The molecule has 0 heterocycles. The topological polar surface area (TPSA) is 49.9 Å². The van der Waals surface area contributed by atoms with Crippen molar-refractivity contribution in [3.63, 3.8) is 0 Å². The summed E-state index contributed by atoms with van der Waals surface area (Å²) in [6.45, 7) is 1.91. The molecule has 0 bridgehead atoms. The van der Waals surface area contributed by atoms with E-state index in [1.807, 2.05) is 19.1 Å². The van der Waals surface area contributed by atoms with Gasteiger partial charge in [0.15, 0.2) is 0 Å². The average Bonchev–Trinajstić information content (AvgIpc) is 1.66. The molecule has 0 aliphatic heterocycles. The molecule has 3 N–H and O–H groups in total. The maximum absolute atomic E-state index is 6.73. The van der Waals surface area contributed by atoms with E-state index in [0.29, 0.717) is 0 Å². The van der Waals surface area contributed by atoms with E-state index in [1.165, 1.54) is 6.08 Å². The van der Waals surface area contributed by atoms with Gasteiger partial charge in [-0.2, -0.15) is 0 Å². The summed E-state index contributed by atoms with van der Waals surface area (Å²) in [5, 5.41) is 6.73. The summed E-state index contributed by atoms with van der Waals surface area (Å²) >= 11 is 0. The summed E-state index contributed by atoms with van der Waals surface area (Å²) in [5.74, 6) is 0.0862. The van der Waals surface area contributed by atoms with Crippen LogP contribution in [-0.2, 0) is 0 Å². The highest BCUT2D eigenvalue weighted by atomic mass is 14.7. The first-order chi connectivity index (χ1) is 3.77. The summed E-state index contributed by atoms with van der Waals surface area (Å²) in [5.41, 5.74) is 5.00.